The van der Waals surface area contributed by atoms with Gasteiger partial charge in [0.05, 0.1) is 13.2 Å². The molecule has 4 fully saturated rings. The predicted octanol–water partition coefficient (Wildman–Crippen LogP) is 2.98. The van der Waals surface area contributed by atoms with Crippen molar-refractivity contribution in [3.63, 3.8) is 0 Å². The van der Waals surface area contributed by atoms with Gasteiger partial charge in [-0.15, -0.1) is 0 Å². The maximum Gasteiger partial charge on any atom is 0.338 e. The van der Waals surface area contributed by atoms with Gasteiger partial charge in [0.15, 0.2) is 6.10 Å². The number of piperidine rings is 3. The second-order valence-electron chi connectivity index (χ2n) is 8.29. The fraction of sp³-hybridized carbons (Fsp3) is 0.458. The second kappa shape index (κ2) is 7.90. The van der Waals surface area contributed by atoms with Gasteiger partial charge in [-0.05, 0) is 43.0 Å². The fourth-order valence-corrected chi connectivity index (χ4v) is 4.89. The van der Waals surface area contributed by atoms with Crippen LogP contribution in [-0.4, -0.2) is 55.9 Å². The molecule has 29 heavy (non-hydrogen) atoms. The Labute approximate surface area is 171 Å². The van der Waals surface area contributed by atoms with Crippen LogP contribution in [0, 0.1) is 5.92 Å². The third kappa shape index (κ3) is 3.59. The summed E-state index contributed by atoms with van der Waals surface area (Å²) in [5.41, 5.74) is 1.14. The molecule has 5 nitrogen and oxygen atoms in total. The molecular weight excluding hydrogens is 366 g/mol. The lowest BCUT2D eigenvalue weighted by Crippen LogP contribution is -2.54. The van der Waals surface area contributed by atoms with Crippen LogP contribution in [0.5, 0.6) is 0 Å². The van der Waals surface area contributed by atoms with E-state index >= 15 is 0 Å². The summed E-state index contributed by atoms with van der Waals surface area (Å²) in [6, 6.07) is 20.0. The summed E-state index contributed by atoms with van der Waals surface area (Å²) < 4.78 is 18.4. The number of nitrogens with zero attached hydrogens (tertiary/aromatic N) is 1. The van der Waals surface area contributed by atoms with Crippen molar-refractivity contribution in [2.45, 2.75) is 30.7 Å². The lowest BCUT2D eigenvalue weighted by molar-refractivity contribution is -0.213. The minimum absolute atomic E-state index is 0.0293. The van der Waals surface area contributed by atoms with Gasteiger partial charge < -0.3 is 14.2 Å². The highest BCUT2D eigenvalue weighted by Crippen LogP contribution is 2.38. The highest BCUT2D eigenvalue weighted by atomic mass is 16.6. The molecule has 2 atom stereocenters. The number of benzene rings is 2. The Balaban J connectivity index is 1.39. The van der Waals surface area contributed by atoms with Crippen LogP contribution in [0.2, 0.25) is 0 Å². The van der Waals surface area contributed by atoms with Crippen LogP contribution in [0.25, 0.3) is 0 Å². The molecule has 6 rings (SSSR count). The molecule has 0 aliphatic carbocycles. The number of carbonyl (C=O) groups excluding carboxylic acids is 1. The summed E-state index contributed by atoms with van der Waals surface area (Å²) >= 11 is 0. The van der Waals surface area contributed by atoms with E-state index in [2.05, 4.69) is 4.90 Å². The van der Waals surface area contributed by atoms with Gasteiger partial charge in [0.1, 0.15) is 11.7 Å². The van der Waals surface area contributed by atoms with Gasteiger partial charge in [-0.3, -0.25) is 4.90 Å². The van der Waals surface area contributed by atoms with Crippen molar-refractivity contribution in [2.75, 3.05) is 32.8 Å². The Morgan fingerprint density at radius 2 is 1.59 bits per heavy atom. The molecule has 4 saturated heterocycles. The molecular formula is C24H27NO4. The molecule has 4 aliphatic rings. The van der Waals surface area contributed by atoms with Crippen molar-refractivity contribution in [1.29, 1.82) is 0 Å². The third-order valence-electron chi connectivity index (χ3n) is 6.52. The van der Waals surface area contributed by atoms with Crippen LogP contribution in [-0.2, 0) is 24.6 Å². The minimum Gasteiger partial charge on any atom is -0.459 e. The molecule has 0 saturated carbocycles. The van der Waals surface area contributed by atoms with Gasteiger partial charge in [0.2, 0.25) is 0 Å². The Morgan fingerprint density at radius 1 is 0.966 bits per heavy atom. The molecule has 5 heteroatoms. The van der Waals surface area contributed by atoms with E-state index in [1.807, 2.05) is 60.7 Å². The van der Waals surface area contributed by atoms with Crippen LogP contribution < -0.4 is 0 Å². The molecule has 0 N–H and O–H groups in total. The maximum absolute atomic E-state index is 13.0. The van der Waals surface area contributed by atoms with E-state index in [0.717, 1.165) is 43.6 Å². The molecule has 4 heterocycles. The molecule has 0 aromatic heterocycles. The first-order chi connectivity index (χ1) is 14.2. The number of rotatable bonds is 4. The predicted molar refractivity (Wildman–Crippen MR) is 108 cm³/mol. The topological polar surface area (TPSA) is 48.0 Å². The average Bonchev–Trinajstić information content (AvgIpc) is 2.81. The van der Waals surface area contributed by atoms with Crippen LogP contribution >= 0.6 is 0 Å². The lowest BCUT2D eigenvalue weighted by atomic mass is 9.85. The molecule has 0 radical (unpaired) electrons. The molecule has 0 spiro atoms. The standard InChI is InChI=1S/C24H27NO4/c26-23(28-21-15-25-13-11-18(21)12-14-25)22-16-27-17-24(29-22,19-7-3-1-4-8-19)20-9-5-2-6-10-20/h1-10,18,21-22H,11-17H2/t21-,22-/m0/s1. The molecule has 2 aromatic rings. The average molecular weight is 393 g/mol. The summed E-state index contributed by atoms with van der Waals surface area (Å²) in [6.07, 6.45) is 1.45. The number of hydrogen-bond acceptors (Lipinski definition) is 5. The number of esters is 1. The molecule has 0 amide bonds. The summed E-state index contributed by atoms with van der Waals surface area (Å²) in [4.78, 5) is 15.4. The van der Waals surface area contributed by atoms with Crippen LogP contribution in [0.1, 0.15) is 24.0 Å². The third-order valence-corrected chi connectivity index (χ3v) is 6.52. The first-order valence-corrected chi connectivity index (χ1v) is 10.5. The largest absolute Gasteiger partial charge is 0.459 e. The van der Waals surface area contributed by atoms with Gasteiger partial charge >= 0.3 is 5.97 Å². The van der Waals surface area contributed by atoms with Gasteiger partial charge in [-0.2, -0.15) is 0 Å². The van der Waals surface area contributed by atoms with E-state index in [4.69, 9.17) is 14.2 Å². The quantitative estimate of drug-likeness (QED) is 0.748. The molecule has 4 aliphatic heterocycles. The zero-order valence-corrected chi connectivity index (χ0v) is 16.5. The van der Waals surface area contributed by atoms with E-state index < -0.39 is 11.7 Å². The van der Waals surface area contributed by atoms with E-state index in [0.29, 0.717) is 12.5 Å². The second-order valence-corrected chi connectivity index (χ2v) is 8.29. The van der Waals surface area contributed by atoms with Crippen LogP contribution in [0.3, 0.4) is 0 Å². The summed E-state index contributed by atoms with van der Waals surface area (Å²) in [6.45, 7) is 3.66. The fourth-order valence-electron chi connectivity index (χ4n) is 4.89. The highest BCUT2D eigenvalue weighted by Gasteiger charge is 2.45. The van der Waals surface area contributed by atoms with Gasteiger partial charge in [0, 0.05) is 6.54 Å². The zero-order valence-electron chi connectivity index (χ0n) is 16.5. The number of hydrogen-bond donors (Lipinski definition) is 0. The smallest absolute Gasteiger partial charge is 0.338 e. The molecule has 152 valence electrons. The number of carbonyl (C=O) groups is 1. The molecule has 0 unspecified atom stereocenters. The van der Waals surface area contributed by atoms with Crippen molar-refractivity contribution in [3.05, 3.63) is 71.8 Å². The first-order valence-electron chi connectivity index (χ1n) is 10.5. The van der Waals surface area contributed by atoms with Crippen molar-refractivity contribution in [1.82, 2.24) is 4.90 Å². The van der Waals surface area contributed by atoms with Gasteiger partial charge in [-0.1, -0.05) is 60.7 Å². The zero-order chi connectivity index (χ0) is 19.7. The number of ether oxygens (including phenoxy) is 3. The number of fused-ring (bicyclic) bond motifs is 3. The van der Waals surface area contributed by atoms with Crippen LogP contribution in [0.4, 0.5) is 0 Å². The van der Waals surface area contributed by atoms with Crippen molar-refractivity contribution >= 4 is 5.97 Å². The van der Waals surface area contributed by atoms with E-state index in [1.165, 1.54) is 0 Å². The molecule has 2 bridgehead atoms. The van der Waals surface area contributed by atoms with Crippen molar-refractivity contribution < 1.29 is 19.0 Å². The first kappa shape index (κ1) is 18.8. The van der Waals surface area contributed by atoms with E-state index in [-0.39, 0.29) is 18.7 Å². The Kier molecular flexibility index (Phi) is 5.12. The maximum atomic E-state index is 13.0. The monoisotopic (exact) mass is 393 g/mol. The SMILES string of the molecule is O=C(O[C@H]1CN2CCC1CC2)[C@@H]1COCC(c2ccccc2)(c2ccccc2)O1. The van der Waals surface area contributed by atoms with Crippen molar-refractivity contribution in [2.24, 2.45) is 5.92 Å². The van der Waals surface area contributed by atoms with Crippen molar-refractivity contribution in [3.8, 4) is 0 Å². The van der Waals surface area contributed by atoms with E-state index in [9.17, 15) is 4.79 Å². The normalized spacial score (nSPS) is 30.6. The Hall–Kier alpha value is -2.21. The highest BCUT2D eigenvalue weighted by molar-refractivity contribution is 5.75. The Morgan fingerprint density at radius 3 is 2.14 bits per heavy atom. The van der Waals surface area contributed by atoms with Gasteiger partial charge in [-0.25, -0.2) is 4.79 Å². The summed E-state index contributed by atoms with van der Waals surface area (Å²) in [5.74, 6) is 0.168. The molecule has 2 aromatic carbocycles. The van der Waals surface area contributed by atoms with Gasteiger partial charge in [0.25, 0.3) is 0 Å². The summed E-state index contributed by atoms with van der Waals surface area (Å²) in [5, 5.41) is 0. The van der Waals surface area contributed by atoms with E-state index in [1.54, 1.807) is 0 Å². The lowest BCUT2D eigenvalue weighted by Gasteiger charge is -2.45. The van der Waals surface area contributed by atoms with Crippen LogP contribution in [0.15, 0.2) is 60.7 Å². The summed E-state index contributed by atoms with van der Waals surface area (Å²) in [7, 11) is 0. The Bertz CT molecular complexity index is 793. The minimum atomic E-state index is -0.820.